The van der Waals surface area contributed by atoms with Crippen molar-refractivity contribution in [3.05, 3.63) is 36.4 Å². The first-order valence-corrected chi connectivity index (χ1v) is 10.1. The Morgan fingerprint density at radius 2 is 2.00 bits per heavy atom. The molecule has 2 saturated heterocycles. The van der Waals surface area contributed by atoms with Crippen molar-refractivity contribution in [2.24, 2.45) is 17.8 Å². The molecule has 7 nitrogen and oxygen atoms in total. The van der Waals surface area contributed by atoms with Crippen LogP contribution < -0.4 is 15.5 Å². The zero-order chi connectivity index (χ0) is 20.8. The highest BCUT2D eigenvalue weighted by molar-refractivity contribution is 6.03. The van der Waals surface area contributed by atoms with Crippen LogP contribution in [0, 0.1) is 17.8 Å². The summed E-state index contributed by atoms with van der Waals surface area (Å²) in [6.07, 6.45) is 4.42. The van der Waals surface area contributed by atoms with Gasteiger partial charge < -0.3 is 20.3 Å². The van der Waals surface area contributed by atoms with Gasteiger partial charge in [-0.15, -0.1) is 0 Å². The minimum atomic E-state index is -0.738. The molecule has 7 heteroatoms. The predicted octanol–water partition coefficient (Wildman–Crippen LogP) is 2.09. The van der Waals surface area contributed by atoms with Crippen molar-refractivity contribution in [1.29, 1.82) is 0 Å². The van der Waals surface area contributed by atoms with Crippen LogP contribution in [0.4, 0.5) is 11.4 Å². The summed E-state index contributed by atoms with van der Waals surface area (Å²) in [5.41, 5.74) is 0.663. The smallest absolute Gasteiger partial charge is 0.234 e. The lowest BCUT2D eigenvalue weighted by atomic mass is 9.77. The van der Waals surface area contributed by atoms with Gasteiger partial charge >= 0.3 is 0 Å². The summed E-state index contributed by atoms with van der Waals surface area (Å²) in [6, 6.07) is 7.13. The molecular formula is C22H27N3O4. The van der Waals surface area contributed by atoms with E-state index < -0.39 is 17.4 Å². The molecule has 0 radical (unpaired) electrons. The maximum atomic E-state index is 13.3. The third-order valence-electron chi connectivity index (χ3n) is 5.92. The number of benzene rings is 1. The average Bonchev–Trinajstić information content (AvgIpc) is 3.30. The van der Waals surface area contributed by atoms with Gasteiger partial charge in [0.25, 0.3) is 0 Å². The number of hydrogen-bond acceptors (Lipinski definition) is 4. The van der Waals surface area contributed by atoms with Gasteiger partial charge in [-0.2, -0.15) is 0 Å². The number of anilines is 2. The second-order valence-corrected chi connectivity index (χ2v) is 8.53. The molecule has 0 aromatic heterocycles. The molecule has 0 aliphatic carbocycles. The van der Waals surface area contributed by atoms with E-state index in [1.165, 1.54) is 6.92 Å². The van der Waals surface area contributed by atoms with Gasteiger partial charge in [-0.25, -0.2) is 0 Å². The fraction of sp³-hybridized carbons (Fsp3) is 0.500. The Morgan fingerprint density at radius 3 is 2.66 bits per heavy atom. The highest BCUT2D eigenvalue weighted by Gasteiger charge is 2.67. The van der Waals surface area contributed by atoms with Crippen LogP contribution in [0.3, 0.4) is 0 Å². The standard InChI is InChI=1S/C22H27N3O4/c1-13(2)9-11-23-20(27)18-17-8-10-22(29-17)12-25(21(28)19(18)22)16-6-4-15(5-7-16)24-14(3)26/h4-8,10,13,17-19H,9,11-12H2,1-3H3,(H,23,27)(H,24,26). The van der Waals surface area contributed by atoms with Crippen LogP contribution in [0.1, 0.15) is 27.2 Å². The number of carbonyl (C=O) groups is 3. The fourth-order valence-corrected chi connectivity index (χ4v) is 4.55. The lowest BCUT2D eigenvalue weighted by Gasteiger charge is -2.23. The number of amides is 3. The summed E-state index contributed by atoms with van der Waals surface area (Å²) >= 11 is 0. The first-order chi connectivity index (χ1) is 13.8. The molecule has 2 fully saturated rings. The molecule has 29 heavy (non-hydrogen) atoms. The minimum Gasteiger partial charge on any atom is -0.360 e. The molecule has 2 N–H and O–H groups in total. The molecule has 3 aliphatic heterocycles. The topological polar surface area (TPSA) is 87.7 Å². The first-order valence-electron chi connectivity index (χ1n) is 10.1. The zero-order valence-electron chi connectivity index (χ0n) is 17.0. The highest BCUT2D eigenvalue weighted by Crippen LogP contribution is 2.52. The number of carbonyl (C=O) groups excluding carboxylic acids is 3. The van der Waals surface area contributed by atoms with Gasteiger partial charge in [0.1, 0.15) is 5.60 Å². The van der Waals surface area contributed by atoms with Crippen LogP contribution in [-0.4, -0.2) is 42.5 Å². The normalized spacial score (nSPS) is 29.4. The number of nitrogens with one attached hydrogen (secondary N) is 2. The molecule has 4 rings (SSSR count). The number of ether oxygens (including phenoxy) is 1. The maximum Gasteiger partial charge on any atom is 0.234 e. The Kier molecular flexibility index (Phi) is 4.94. The van der Waals surface area contributed by atoms with Crippen LogP contribution in [0.5, 0.6) is 0 Å². The van der Waals surface area contributed by atoms with Crippen molar-refractivity contribution >= 4 is 29.1 Å². The van der Waals surface area contributed by atoms with Crippen LogP contribution >= 0.6 is 0 Å². The molecule has 0 saturated carbocycles. The maximum absolute atomic E-state index is 13.3. The van der Waals surface area contributed by atoms with E-state index in [2.05, 4.69) is 24.5 Å². The largest absolute Gasteiger partial charge is 0.360 e. The average molecular weight is 397 g/mol. The lowest BCUT2D eigenvalue weighted by Crippen LogP contribution is -2.44. The van der Waals surface area contributed by atoms with Crippen LogP contribution in [0.2, 0.25) is 0 Å². The van der Waals surface area contributed by atoms with E-state index in [1.807, 2.05) is 12.2 Å². The second-order valence-electron chi connectivity index (χ2n) is 8.53. The molecule has 3 heterocycles. The summed E-state index contributed by atoms with van der Waals surface area (Å²) in [6.45, 7) is 6.66. The molecule has 3 amide bonds. The molecule has 4 atom stereocenters. The van der Waals surface area contributed by atoms with Crippen molar-refractivity contribution < 1.29 is 19.1 Å². The van der Waals surface area contributed by atoms with Gasteiger partial charge in [0, 0.05) is 24.8 Å². The van der Waals surface area contributed by atoms with Crippen LogP contribution in [-0.2, 0) is 19.1 Å². The van der Waals surface area contributed by atoms with Crippen molar-refractivity contribution in [1.82, 2.24) is 5.32 Å². The van der Waals surface area contributed by atoms with E-state index in [4.69, 9.17) is 4.74 Å². The van der Waals surface area contributed by atoms with Crippen molar-refractivity contribution in [2.75, 3.05) is 23.3 Å². The Morgan fingerprint density at radius 1 is 1.28 bits per heavy atom. The summed E-state index contributed by atoms with van der Waals surface area (Å²) in [7, 11) is 0. The van der Waals surface area contributed by atoms with E-state index in [0.717, 1.165) is 12.1 Å². The SMILES string of the molecule is CC(=O)Nc1ccc(N2CC34C=CC(O3)C(C(=O)NCCC(C)C)C4C2=O)cc1. The van der Waals surface area contributed by atoms with Crippen molar-refractivity contribution in [3.8, 4) is 0 Å². The van der Waals surface area contributed by atoms with Gasteiger partial charge in [0.2, 0.25) is 17.7 Å². The molecule has 154 valence electrons. The van der Waals surface area contributed by atoms with E-state index in [9.17, 15) is 14.4 Å². The Bertz CT molecular complexity index is 863. The quantitative estimate of drug-likeness (QED) is 0.720. The van der Waals surface area contributed by atoms with Crippen molar-refractivity contribution in [3.63, 3.8) is 0 Å². The Balaban J connectivity index is 1.52. The van der Waals surface area contributed by atoms with Crippen LogP contribution in [0.25, 0.3) is 0 Å². The number of nitrogens with zero attached hydrogens (tertiary/aromatic N) is 1. The summed E-state index contributed by atoms with van der Waals surface area (Å²) in [5.74, 6) is -0.849. The predicted molar refractivity (Wildman–Crippen MR) is 109 cm³/mol. The monoisotopic (exact) mass is 397 g/mol. The molecule has 1 spiro atoms. The fourth-order valence-electron chi connectivity index (χ4n) is 4.55. The Labute approximate surface area is 170 Å². The van der Waals surface area contributed by atoms with E-state index in [0.29, 0.717) is 24.7 Å². The van der Waals surface area contributed by atoms with Crippen molar-refractivity contribution in [2.45, 2.75) is 38.9 Å². The van der Waals surface area contributed by atoms with Crippen LogP contribution in [0.15, 0.2) is 36.4 Å². The second kappa shape index (κ2) is 7.30. The Hall–Kier alpha value is -2.67. The van der Waals surface area contributed by atoms with E-state index >= 15 is 0 Å². The minimum absolute atomic E-state index is 0.0897. The molecule has 4 unspecified atom stereocenters. The van der Waals surface area contributed by atoms with E-state index in [-0.39, 0.29) is 23.8 Å². The number of fused-ring (bicyclic) bond motifs is 1. The molecule has 1 aromatic carbocycles. The van der Waals surface area contributed by atoms with Gasteiger partial charge in [-0.05, 0) is 36.6 Å². The molecule has 3 aliphatic rings. The molecular weight excluding hydrogens is 370 g/mol. The number of rotatable bonds is 6. The van der Waals surface area contributed by atoms with Gasteiger partial charge in [-0.3, -0.25) is 14.4 Å². The summed E-state index contributed by atoms with van der Waals surface area (Å²) < 4.78 is 6.15. The number of hydrogen-bond donors (Lipinski definition) is 2. The van der Waals surface area contributed by atoms with Gasteiger partial charge in [0.05, 0.1) is 24.5 Å². The van der Waals surface area contributed by atoms with E-state index in [1.54, 1.807) is 29.2 Å². The third-order valence-corrected chi connectivity index (χ3v) is 5.92. The van der Waals surface area contributed by atoms with Gasteiger partial charge in [0.15, 0.2) is 0 Å². The summed E-state index contributed by atoms with van der Waals surface area (Å²) in [5, 5.41) is 5.70. The third kappa shape index (κ3) is 3.44. The highest BCUT2D eigenvalue weighted by atomic mass is 16.5. The van der Waals surface area contributed by atoms with Gasteiger partial charge in [-0.1, -0.05) is 26.0 Å². The summed E-state index contributed by atoms with van der Waals surface area (Å²) in [4.78, 5) is 39.0. The first kappa shape index (κ1) is 19.6. The lowest BCUT2D eigenvalue weighted by molar-refractivity contribution is -0.131. The molecule has 2 bridgehead atoms. The molecule has 1 aromatic rings. The zero-order valence-corrected chi connectivity index (χ0v) is 17.0.